The lowest BCUT2D eigenvalue weighted by Crippen LogP contribution is -2.39. The number of carbonyl (C=O) groups is 1. The molecular formula is C16H23NO2. The number of ketones is 1. The first-order chi connectivity index (χ1) is 8.96. The molecule has 3 nitrogen and oxygen atoms in total. The van der Waals surface area contributed by atoms with Crippen molar-refractivity contribution in [2.75, 3.05) is 7.11 Å². The van der Waals surface area contributed by atoms with Crippen LogP contribution in [-0.4, -0.2) is 17.9 Å². The Labute approximate surface area is 115 Å². The van der Waals surface area contributed by atoms with Crippen LogP contribution in [-0.2, 0) is 10.2 Å². The molecule has 2 rings (SSSR count). The molecule has 1 aromatic heterocycles. The summed E-state index contributed by atoms with van der Waals surface area (Å²) in [6, 6.07) is 3.78. The van der Waals surface area contributed by atoms with Crippen molar-refractivity contribution in [3.63, 3.8) is 0 Å². The van der Waals surface area contributed by atoms with Crippen LogP contribution in [0.3, 0.4) is 0 Å². The van der Waals surface area contributed by atoms with Crippen molar-refractivity contribution in [2.24, 2.45) is 11.8 Å². The molecule has 2 atom stereocenters. The predicted molar refractivity (Wildman–Crippen MR) is 75.3 cm³/mol. The number of hydrogen-bond donors (Lipinski definition) is 0. The van der Waals surface area contributed by atoms with Crippen molar-refractivity contribution in [1.82, 2.24) is 4.98 Å². The van der Waals surface area contributed by atoms with E-state index in [4.69, 9.17) is 4.74 Å². The lowest BCUT2D eigenvalue weighted by atomic mass is 9.66. The average Bonchev–Trinajstić information content (AvgIpc) is 2.38. The van der Waals surface area contributed by atoms with Crippen LogP contribution in [0.4, 0.5) is 0 Å². The van der Waals surface area contributed by atoms with Gasteiger partial charge in [0.25, 0.3) is 0 Å². The summed E-state index contributed by atoms with van der Waals surface area (Å²) in [6.45, 7) is 6.37. The fourth-order valence-corrected chi connectivity index (χ4v) is 3.17. The number of nitrogens with zero attached hydrogens (tertiary/aromatic N) is 1. The highest BCUT2D eigenvalue weighted by Gasteiger charge is 2.41. The van der Waals surface area contributed by atoms with Crippen LogP contribution in [0.15, 0.2) is 18.3 Å². The molecular weight excluding hydrogens is 238 g/mol. The zero-order valence-corrected chi connectivity index (χ0v) is 12.3. The Balaban J connectivity index is 2.33. The molecule has 1 heterocycles. The van der Waals surface area contributed by atoms with E-state index in [1.807, 2.05) is 12.1 Å². The Kier molecular flexibility index (Phi) is 3.93. The summed E-state index contributed by atoms with van der Waals surface area (Å²) in [4.78, 5) is 16.8. The van der Waals surface area contributed by atoms with Crippen molar-refractivity contribution in [2.45, 2.75) is 45.4 Å². The Morgan fingerprint density at radius 2 is 2.11 bits per heavy atom. The fourth-order valence-electron chi connectivity index (χ4n) is 3.17. The molecule has 0 amide bonds. The van der Waals surface area contributed by atoms with Gasteiger partial charge in [0.05, 0.1) is 12.8 Å². The first-order valence-electron chi connectivity index (χ1n) is 6.99. The quantitative estimate of drug-likeness (QED) is 0.837. The average molecular weight is 261 g/mol. The van der Waals surface area contributed by atoms with E-state index in [0.717, 1.165) is 24.3 Å². The van der Waals surface area contributed by atoms with Crippen molar-refractivity contribution in [3.05, 3.63) is 24.0 Å². The van der Waals surface area contributed by atoms with Gasteiger partial charge in [-0.05, 0) is 30.9 Å². The van der Waals surface area contributed by atoms with Crippen molar-refractivity contribution in [3.8, 4) is 5.75 Å². The molecule has 0 aromatic carbocycles. The van der Waals surface area contributed by atoms with Crippen LogP contribution >= 0.6 is 0 Å². The minimum Gasteiger partial charge on any atom is -0.495 e. The van der Waals surface area contributed by atoms with Gasteiger partial charge in [0, 0.05) is 24.0 Å². The smallest absolute Gasteiger partial charge is 0.140 e. The fraction of sp³-hybridized carbons (Fsp3) is 0.625. The molecule has 0 radical (unpaired) electrons. The summed E-state index contributed by atoms with van der Waals surface area (Å²) in [5.74, 6) is 1.72. The lowest BCUT2D eigenvalue weighted by Gasteiger charge is -2.37. The lowest BCUT2D eigenvalue weighted by molar-refractivity contribution is -0.128. The summed E-state index contributed by atoms with van der Waals surface area (Å²) in [7, 11) is 1.65. The van der Waals surface area contributed by atoms with E-state index in [-0.39, 0.29) is 11.3 Å². The maximum absolute atomic E-state index is 12.4. The summed E-state index contributed by atoms with van der Waals surface area (Å²) in [6.07, 6.45) is 4.54. The topological polar surface area (TPSA) is 39.2 Å². The van der Waals surface area contributed by atoms with Crippen molar-refractivity contribution < 1.29 is 9.53 Å². The van der Waals surface area contributed by atoms with Gasteiger partial charge in [-0.3, -0.25) is 9.78 Å². The van der Waals surface area contributed by atoms with Crippen LogP contribution in [0.25, 0.3) is 0 Å². The van der Waals surface area contributed by atoms with Crippen LogP contribution in [0.5, 0.6) is 5.75 Å². The van der Waals surface area contributed by atoms with E-state index in [1.54, 1.807) is 13.3 Å². The maximum atomic E-state index is 12.4. The van der Waals surface area contributed by atoms with E-state index in [9.17, 15) is 4.79 Å². The molecule has 0 N–H and O–H groups in total. The molecule has 0 aliphatic heterocycles. The molecule has 0 saturated heterocycles. The molecule has 19 heavy (non-hydrogen) atoms. The Hall–Kier alpha value is -1.38. The monoisotopic (exact) mass is 261 g/mol. The predicted octanol–water partition coefficient (Wildman–Crippen LogP) is 3.37. The molecule has 1 aliphatic rings. The molecule has 3 heteroatoms. The highest BCUT2D eigenvalue weighted by Crippen LogP contribution is 2.42. The van der Waals surface area contributed by atoms with Crippen LogP contribution in [0.1, 0.15) is 45.7 Å². The number of Topliss-reactive ketones (excluding diaryl/α,β-unsaturated/α-hetero) is 1. The largest absolute Gasteiger partial charge is 0.495 e. The zero-order chi connectivity index (χ0) is 14.0. The number of hydrogen-bond acceptors (Lipinski definition) is 3. The van der Waals surface area contributed by atoms with Gasteiger partial charge < -0.3 is 4.74 Å². The van der Waals surface area contributed by atoms with E-state index in [1.165, 1.54) is 0 Å². The van der Waals surface area contributed by atoms with Gasteiger partial charge in [0.15, 0.2) is 0 Å². The summed E-state index contributed by atoms with van der Waals surface area (Å²) in [5, 5.41) is 0. The SMILES string of the molecule is COc1cccnc1C(C)(C)C1CCC(C)CC1=O. The minimum atomic E-state index is -0.274. The Morgan fingerprint density at radius 3 is 2.74 bits per heavy atom. The maximum Gasteiger partial charge on any atom is 0.140 e. The normalized spacial score (nSPS) is 24.3. The van der Waals surface area contributed by atoms with Gasteiger partial charge in [-0.25, -0.2) is 0 Å². The van der Waals surface area contributed by atoms with Gasteiger partial charge in [-0.2, -0.15) is 0 Å². The first kappa shape index (κ1) is 14.0. The van der Waals surface area contributed by atoms with Gasteiger partial charge in [-0.15, -0.1) is 0 Å². The summed E-state index contributed by atoms with van der Waals surface area (Å²) >= 11 is 0. The molecule has 2 unspecified atom stereocenters. The van der Waals surface area contributed by atoms with Gasteiger partial charge in [-0.1, -0.05) is 20.8 Å². The number of methoxy groups -OCH3 is 1. The molecule has 1 aliphatic carbocycles. The minimum absolute atomic E-state index is 0.0486. The number of carbonyl (C=O) groups excluding carboxylic acids is 1. The van der Waals surface area contributed by atoms with E-state index >= 15 is 0 Å². The molecule has 0 bridgehead atoms. The molecule has 1 fully saturated rings. The second-order valence-electron chi connectivity index (χ2n) is 6.18. The van der Waals surface area contributed by atoms with E-state index in [0.29, 0.717) is 18.1 Å². The Bertz CT molecular complexity index is 468. The molecule has 1 aromatic rings. The number of ether oxygens (including phenoxy) is 1. The van der Waals surface area contributed by atoms with Crippen LogP contribution < -0.4 is 4.74 Å². The van der Waals surface area contributed by atoms with Crippen LogP contribution in [0.2, 0.25) is 0 Å². The summed E-state index contributed by atoms with van der Waals surface area (Å²) < 4.78 is 5.41. The molecule has 1 saturated carbocycles. The second-order valence-corrected chi connectivity index (χ2v) is 6.18. The summed E-state index contributed by atoms with van der Waals surface area (Å²) in [5.41, 5.74) is 0.620. The van der Waals surface area contributed by atoms with Crippen molar-refractivity contribution >= 4 is 5.78 Å². The third kappa shape index (κ3) is 2.65. The van der Waals surface area contributed by atoms with E-state index < -0.39 is 0 Å². The first-order valence-corrected chi connectivity index (χ1v) is 6.99. The third-order valence-corrected chi connectivity index (χ3v) is 4.36. The standard InChI is InChI=1S/C16H23NO2/c1-11-7-8-12(13(18)10-11)16(2,3)15-14(19-4)6-5-9-17-15/h5-6,9,11-12H,7-8,10H2,1-4H3. The zero-order valence-electron chi connectivity index (χ0n) is 12.3. The molecule has 104 valence electrons. The molecule has 0 spiro atoms. The van der Waals surface area contributed by atoms with E-state index in [2.05, 4.69) is 25.8 Å². The van der Waals surface area contributed by atoms with Crippen LogP contribution in [0, 0.1) is 11.8 Å². The number of pyridine rings is 1. The van der Waals surface area contributed by atoms with Gasteiger partial charge in [0.2, 0.25) is 0 Å². The number of aromatic nitrogens is 1. The highest BCUT2D eigenvalue weighted by molar-refractivity contribution is 5.83. The van der Waals surface area contributed by atoms with Crippen molar-refractivity contribution in [1.29, 1.82) is 0 Å². The highest BCUT2D eigenvalue weighted by atomic mass is 16.5. The Morgan fingerprint density at radius 1 is 1.37 bits per heavy atom. The third-order valence-electron chi connectivity index (χ3n) is 4.36. The number of rotatable bonds is 3. The van der Waals surface area contributed by atoms with Gasteiger partial charge >= 0.3 is 0 Å². The second kappa shape index (κ2) is 5.32. The van der Waals surface area contributed by atoms with Gasteiger partial charge in [0.1, 0.15) is 11.5 Å².